The van der Waals surface area contributed by atoms with Gasteiger partial charge in [-0.05, 0) is 31.9 Å². The minimum absolute atomic E-state index is 0.0110. The van der Waals surface area contributed by atoms with E-state index in [9.17, 15) is 14.3 Å². The first kappa shape index (κ1) is 33.9. The highest BCUT2D eigenvalue weighted by molar-refractivity contribution is 7.99. The van der Waals surface area contributed by atoms with E-state index in [1.165, 1.54) is 95.6 Å². The fourth-order valence-corrected chi connectivity index (χ4v) is 5.91. The molecule has 204 valence electrons. The van der Waals surface area contributed by atoms with Gasteiger partial charge in [-0.25, -0.2) is 9.36 Å². The van der Waals surface area contributed by atoms with Gasteiger partial charge in [0.2, 0.25) is 0 Å². The summed E-state index contributed by atoms with van der Waals surface area (Å²) in [6.07, 6.45) is 20.3. The minimum Gasteiger partial charge on any atom is -0.460 e. The van der Waals surface area contributed by atoms with E-state index < -0.39 is 13.3 Å². The number of unbranched alkanes of at least 4 members (excludes halogenated alkanes) is 12. The fourth-order valence-electron chi connectivity index (χ4n) is 3.84. The molecule has 1 N–H and O–H groups in total. The van der Waals surface area contributed by atoms with Crippen LogP contribution in [0.2, 0.25) is 0 Å². The fraction of sp³-hybridized carbons (Fsp3) is 0.962. The minimum atomic E-state index is -4.35. The van der Waals surface area contributed by atoms with Crippen molar-refractivity contribution < 1.29 is 28.3 Å². The standard InChI is InChI=1S/C26H53O6PS/c1-5-7-9-11-12-13-14-16-18-23-34-25(20-17-15-10-8-6-2)24(3)31-21-19-22-32-33(28,29)26(27)30-4/h24-25H,5-23H2,1-4H3,(H,28,29). The van der Waals surface area contributed by atoms with Crippen molar-refractivity contribution in [3.05, 3.63) is 0 Å². The van der Waals surface area contributed by atoms with Crippen LogP contribution in [0.1, 0.15) is 124 Å². The van der Waals surface area contributed by atoms with Gasteiger partial charge in [-0.3, -0.25) is 0 Å². The second-order valence-corrected chi connectivity index (χ2v) is 12.2. The highest BCUT2D eigenvalue weighted by atomic mass is 32.2. The van der Waals surface area contributed by atoms with Crippen LogP contribution in [0, 0.1) is 0 Å². The first-order chi connectivity index (χ1) is 16.4. The number of carbonyl (C=O) groups excluding carboxylic acids is 1. The topological polar surface area (TPSA) is 82.1 Å². The van der Waals surface area contributed by atoms with Gasteiger partial charge in [0.05, 0.1) is 19.8 Å². The second-order valence-electron chi connectivity index (χ2n) is 9.19. The van der Waals surface area contributed by atoms with Crippen LogP contribution in [0.4, 0.5) is 4.79 Å². The summed E-state index contributed by atoms with van der Waals surface area (Å²) in [4.78, 5) is 20.7. The van der Waals surface area contributed by atoms with E-state index in [0.717, 1.165) is 13.5 Å². The molecule has 6 nitrogen and oxygen atoms in total. The third kappa shape index (κ3) is 19.2. The van der Waals surface area contributed by atoms with E-state index >= 15 is 0 Å². The number of hydrogen-bond acceptors (Lipinski definition) is 6. The molecule has 0 aromatic rings. The molecule has 0 radical (unpaired) electrons. The molecule has 0 saturated carbocycles. The largest absolute Gasteiger partial charge is 0.460 e. The van der Waals surface area contributed by atoms with E-state index in [1.54, 1.807) is 0 Å². The first-order valence-electron chi connectivity index (χ1n) is 13.7. The van der Waals surface area contributed by atoms with Crippen molar-refractivity contribution in [3.63, 3.8) is 0 Å². The molecule has 3 unspecified atom stereocenters. The Balaban J connectivity index is 4.18. The van der Waals surface area contributed by atoms with Crippen LogP contribution >= 0.6 is 19.4 Å². The van der Waals surface area contributed by atoms with Gasteiger partial charge in [0.15, 0.2) is 0 Å². The molecular weight excluding hydrogens is 471 g/mol. The number of ether oxygens (including phenoxy) is 2. The zero-order chi connectivity index (χ0) is 25.5. The van der Waals surface area contributed by atoms with Crippen LogP contribution in [0.15, 0.2) is 0 Å². The van der Waals surface area contributed by atoms with Crippen LogP contribution in [-0.2, 0) is 18.6 Å². The Labute approximate surface area is 214 Å². The molecule has 0 aromatic carbocycles. The quantitative estimate of drug-likeness (QED) is 0.0944. The summed E-state index contributed by atoms with van der Waals surface area (Å²) >= 11 is 2.04. The van der Waals surface area contributed by atoms with Crippen LogP contribution in [-0.4, -0.2) is 48.0 Å². The number of carbonyl (C=O) groups is 1. The van der Waals surface area contributed by atoms with Crippen molar-refractivity contribution in [2.45, 2.75) is 135 Å². The van der Waals surface area contributed by atoms with E-state index in [2.05, 4.69) is 25.5 Å². The Morgan fingerprint density at radius 2 is 1.35 bits per heavy atom. The van der Waals surface area contributed by atoms with Crippen LogP contribution < -0.4 is 0 Å². The van der Waals surface area contributed by atoms with Gasteiger partial charge in [-0.15, -0.1) is 0 Å². The van der Waals surface area contributed by atoms with E-state index in [1.807, 2.05) is 11.8 Å². The highest BCUT2D eigenvalue weighted by Gasteiger charge is 2.31. The number of rotatable bonds is 25. The average Bonchev–Trinajstić information content (AvgIpc) is 2.82. The van der Waals surface area contributed by atoms with Crippen molar-refractivity contribution >= 4 is 25.1 Å². The van der Waals surface area contributed by atoms with Crippen LogP contribution in [0.3, 0.4) is 0 Å². The third-order valence-electron chi connectivity index (χ3n) is 6.04. The SMILES string of the molecule is CCCCCCCCCCCSC(CCCCCCC)C(C)OCCCOP(=O)(O)C(=O)OC. The molecule has 0 spiro atoms. The summed E-state index contributed by atoms with van der Waals surface area (Å²) in [5, 5.41) is 0.468. The molecule has 8 heteroatoms. The molecule has 0 heterocycles. The molecule has 0 amide bonds. The Morgan fingerprint density at radius 3 is 1.91 bits per heavy atom. The summed E-state index contributed by atoms with van der Waals surface area (Å²) in [5.74, 6) is 1.18. The molecule has 0 fully saturated rings. The normalized spacial score (nSPS) is 15.1. The molecule has 0 aliphatic heterocycles. The Morgan fingerprint density at radius 1 is 0.824 bits per heavy atom. The lowest BCUT2D eigenvalue weighted by Gasteiger charge is -2.24. The van der Waals surface area contributed by atoms with Gasteiger partial charge in [0, 0.05) is 11.9 Å². The Kier molecular flexibility index (Phi) is 23.3. The van der Waals surface area contributed by atoms with Gasteiger partial charge in [0.1, 0.15) is 0 Å². The van der Waals surface area contributed by atoms with Crippen molar-refractivity contribution in [1.82, 2.24) is 0 Å². The van der Waals surface area contributed by atoms with Crippen molar-refractivity contribution in [2.24, 2.45) is 0 Å². The third-order valence-corrected chi connectivity index (χ3v) is 8.78. The van der Waals surface area contributed by atoms with Gasteiger partial charge in [-0.2, -0.15) is 11.8 Å². The lowest BCUT2D eigenvalue weighted by molar-refractivity contribution is 0.0536. The summed E-state index contributed by atoms with van der Waals surface area (Å²) in [5.41, 5.74) is -1.22. The van der Waals surface area contributed by atoms with Crippen LogP contribution in [0.25, 0.3) is 0 Å². The van der Waals surface area contributed by atoms with Gasteiger partial charge >= 0.3 is 13.3 Å². The maximum atomic E-state index is 11.6. The molecule has 0 aliphatic rings. The zero-order valence-corrected chi connectivity index (χ0v) is 24.1. The number of thioether (sulfide) groups is 1. The van der Waals surface area contributed by atoms with E-state index in [4.69, 9.17) is 9.26 Å². The van der Waals surface area contributed by atoms with Crippen molar-refractivity contribution in [2.75, 3.05) is 26.1 Å². The van der Waals surface area contributed by atoms with E-state index in [0.29, 0.717) is 18.3 Å². The van der Waals surface area contributed by atoms with Gasteiger partial charge < -0.3 is 18.9 Å². The molecule has 34 heavy (non-hydrogen) atoms. The zero-order valence-electron chi connectivity index (χ0n) is 22.4. The van der Waals surface area contributed by atoms with E-state index in [-0.39, 0.29) is 12.7 Å². The number of hydrogen-bond donors (Lipinski definition) is 1. The maximum Gasteiger partial charge on any atom is 0.435 e. The maximum absolute atomic E-state index is 11.6. The summed E-state index contributed by atoms with van der Waals surface area (Å²) in [7, 11) is -3.28. The average molecular weight is 525 g/mol. The van der Waals surface area contributed by atoms with Gasteiger partial charge in [-0.1, -0.05) is 97.3 Å². The predicted octanol–water partition coefficient (Wildman–Crippen LogP) is 8.74. The summed E-state index contributed by atoms with van der Waals surface area (Å²) < 4.78 is 26.8. The monoisotopic (exact) mass is 524 g/mol. The molecular formula is C26H53O6PS. The molecule has 0 aliphatic carbocycles. The Bertz CT molecular complexity index is 520. The smallest absolute Gasteiger partial charge is 0.435 e. The lowest BCUT2D eigenvalue weighted by atomic mass is 10.1. The Hall–Kier alpha value is -0.0700. The van der Waals surface area contributed by atoms with Gasteiger partial charge in [0.25, 0.3) is 0 Å². The molecule has 0 aromatic heterocycles. The second kappa shape index (κ2) is 23.3. The lowest BCUT2D eigenvalue weighted by Crippen LogP contribution is -2.25. The number of methoxy groups -OCH3 is 1. The summed E-state index contributed by atoms with van der Waals surface area (Å²) in [6, 6.07) is 0. The molecule has 3 atom stereocenters. The van der Waals surface area contributed by atoms with Crippen molar-refractivity contribution in [3.8, 4) is 0 Å². The predicted molar refractivity (Wildman–Crippen MR) is 145 cm³/mol. The molecule has 0 bridgehead atoms. The van der Waals surface area contributed by atoms with Crippen LogP contribution in [0.5, 0.6) is 0 Å². The summed E-state index contributed by atoms with van der Waals surface area (Å²) in [6.45, 7) is 7.06. The highest BCUT2D eigenvalue weighted by Crippen LogP contribution is 2.43. The molecule has 0 rings (SSSR count). The van der Waals surface area contributed by atoms with Crippen molar-refractivity contribution in [1.29, 1.82) is 0 Å². The first-order valence-corrected chi connectivity index (χ1v) is 16.3. The molecule has 0 saturated heterocycles.